The monoisotopic (exact) mass is 367 g/mol. The van der Waals surface area contributed by atoms with Crippen LogP contribution < -0.4 is 9.47 Å². The van der Waals surface area contributed by atoms with Gasteiger partial charge in [-0.05, 0) is 42.0 Å². The van der Waals surface area contributed by atoms with Crippen LogP contribution in [0.15, 0.2) is 82.6 Å². The van der Waals surface area contributed by atoms with Crippen LogP contribution in [0, 0.1) is 10.1 Å². The van der Waals surface area contributed by atoms with Crippen molar-refractivity contribution >= 4 is 17.4 Å². The van der Waals surface area contributed by atoms with Crippen LogP contribution in [0.3, 0.4) is 0 Å². The Bertz CT molecular complexity index is 879. The highest BCUT2D eigenvalue weighted by Gasteiger charge is 2.06. The van der Waals surface area contributed by atoms with Crippen LogP contribution in [0.5, 0.6) is 11.5 Å². The molecular weight excluding hydrogens is 350 g/mol. The maximum absolute atomic E-state index is 10.7. The molecule has 0 fully saturated rings. The van der Waals surface area contributed by atoms with Gasteiger partial charge in [-0.15, -0.1) is 0 Å². The highest BCUT2D eigenvalue weighted by molar-refractivity contribution is 7.99. The first-order chi connectivity index (χ1) is 12.7. The molecule has 0 aromatic heterocycles. The minimum atomic E-state index is -0.398. The Morgan fingerprint density at radius 1 is 0.885 bits per heavy atom. The van der Waals surface area contributed by atoms with Gasteiger partial charge in [0.2, 0.25) is 0 Å². The van der Waals surface area contributed by atoms with E-state index in [0.717, 1.165) is 15.4 Å². The number of nitro benzene ring substituents is 1. The fourth-order valence-electron chi connectivity index (χ4n) is 2.32. The highest BCUT2D eigenvalue weighted by atomic mass is 32.2. The lowest BCUT2D eigenvalue weighted by molar-refractivity contribution is -0.384. The zero-order chi connectivity index (χ0) is 18.4. The highest BCUT2D eigenvalue weighted by Crippen LogP contribution is 2.30. The van der Waals surface area contributed by atoms with Gasteiger partial charge >= 0.3 is 0 Å². The fraction of sp³-hybridized carbons (Fsp3) is 0.100. The van der Waals surface area contributed by atoms with Gasteiger partial charge in [-0.25, -0.2) is 0 Å². The molecule has 0 saturated heterocycles. The molecule has 3 aromatic carbocycles. The van der Waals surface area contributed by atoms with Crippen LogP contribution in [0.4, 0.5) is 5.69 Å². The van der Waals surface area contributed by atoms with Crippen LogP contribution in [0.2, 0.25) is 0 Å². The summed E-state index contributed by atoms with van der Waals surface area (Å²) in [6.45, 7) is 0.447. The molecule has 0 aliphatic heterocycles. The number of ether oxygens (including phenoxy) is 2. The van der Waals surface area contributed by atoms with E-state index in [2.05, 4.69) is 0 Å². The molecule has 0 saturated carbocycles. The van der Waals surface area contributed by atoms with E-state index in [9.17, 15) is 10.1 Å². The first-order valence-corrected chi connectivity index (χ1v) is 8.74. The molecule has 0 aliphatic rings. The van der Waals surface area contributed by atoms with Crippen molar-refractivity contribution in [3.63, 3.8) is 0 Å². The number of benzene rings is 3. The smallest absolute Gasteiger partial charge is 0.269 e. The number of methoxy groups -OCH3 is 1. The number of rotatable bonds is 7. The second-order valence-electron chi connectivity index (χ2n) is 5.44. The molecule has 6 heteroatoms. The largest absolute Gasteiger partial charge is 0.493 e. The van der Waals surface area contributed by atoms with Gasteiger partial charge in [0.1, 0.15) is 6.61 Å². The summed E-state index contributed by atoms with van der Waals surface area (Å²) in [5, 5.41) is 10.7. The summed E-state index contributed by atoms with van der Waals surface area (Å²) in [5.41, 5.74) is 1.14. The summed E-state index contributed by atoms with van der Waals surface area (Å²) in [7, 11) is 1.62. The Labute approximate surface area is 155 Å². The van der Waals surface area contributed by atoms with Gasteiger partial charge in [-0.2, -0.15) is 0 Å². The Morgan fingerprint density at radius 2 is 1.46 bits per heavy atom. The standard InChI is InChI=1S/C20H17NO4S/c1-24-19-4-2-3-5-20(19)25-14-15-6-10-17(11-7-15)26-18-12-8-16(9-13-18)21(22)23/h2-13H,14H2,1H3. The fourth-order valence-corrected chi connectivity index (χ4v) is 3.14. The molecule has 3 aromatic rings. The summed E-state index contributed by atoms with van der Waals surface area (Å²) in [5.74, 6) is 1.41. The van der Waals surface area contributed by atoms with Crippen molar-refractivity contribution < 1.29 is 14.4 Å². The first-order valence-electron chi connectivity index (χ1n) is 7.93. The summed E-state index contributed by atoms with van der Waals surface area (Å²) < 4.78 is 11.1. The molecular formula is C20H17NO4S. The summed E-state index contributed by atoms with van der Waals surface area (Å²) >= 11 is 1.55. The number of nitro groups is 1. The molecule has 0 atom stereocenters. The molecule has 0 unspecified atom stereocenters. The van der Waals surface area contributed by atoms with Gasteiger partial charge in [0.15, 0.2) is 11.5 Å². The van der Waals surface area contributed by atoms with E-state index in [0.29, 0.717) is 18.1 Å². The predicted molar refractivity (Wildman–Crippen MR) is 101 cm³/mol. The van der Waals surface area contributed by atoms with Gasteiger partial charge in [0.05, 0.1) is 12.0 Å². The van der Waals surface area contributed by atoms with Gasteiger partial charge < -0.3 is 9.47 Å². The number of non-ortho nitro benzene ring substituents is 1. The van der Waals surface area contributed by atoms with Gasteiger partial charge in [-0.1, -0.05) is 36.0 Å². The molecule has 0 radical (unpaired) electrons. The predicted octanol–water partition coefficient (Wildman–Crippen LogP) is 5.33. The minimum Gasteiger partial charge on any atom is -0.493 e. The van der Waals surface area contributed by atoms with Crippen molar-refractivity contribution in [3.8, 4) is 11.5 Å². The lowest BCUT2D eigenvalue weighted by Gasteiger charge is -2.10. The summed E-state index contributed by atoms with van der Waals surface area (Å²) in [4.78, 5) is 12.3. The normalized spacial score (nSPS) is 10.3. The van der Waals surface area contributed by atoms with Gasteiger partial charge in [-0.3, -0.25) is 10.1 Å². The average molecular weight is 367 g/mol. The number of nitrogens with zero attached hydrogens (tertiary/aromatic N) is 1. The lowest BCUT2D eigenvalue weighted by Crippen LogP contribution is -1.97. The molecule has 0 amide bonds. The lowest BCUT2D eigenvalue weighted by atomic mass is 10.2. The van der Waals surface area contributed by atoms with Crippen LogP contribution in [0.25, 0.3) is 0 Å². The Morgan fingerprint density at radius 3 is 2.04 bits per heavy atom. The average Bonchev–Trinajstić information content (AvgIpc) is 2.68. The molecule has 5 nitrogen and oxygen atoms in total. The zero-order valence-electron chi connectivity index (χ0n) is 14.1. The molecule has 0 N–H and O–H groups in total. The maximum Gasteiger partial charge on any atom is 0.269 e. The topological polar surface area (TPSA) is 61.6 Å². The Hall–Kier alpha value is -2.99. The van der Waals surface area contributed by atoms with Crippen LogP contribution >= 0.6 is 11.8 Å². The molecule has 0 spiro atoms. The Balaban J connectivity index is 1.60. The van der Waals surface area contributed by atoms with Crippen LogP contribution in [-0.4, -0.2) is 12.0 Å². The van der Waals surface area contributed by atoms with E-state index < -0.39 is 4.92 Å². The molecule has 3 rings (SSSR count). The van der Waals surface area contributed by atoms with Crippen LogP contribution in [-0.2, 0) is 6.61 Å². The quantitative estimate of drug-likeness (QED) is 0.417. The van der Waals surface area contributed by atoms with E-state index in [4.69, 9.17) is 9.47 Å². The Kier molecular flexibility index (Phi) is 5.76. The van der Waals surface area contributed by atoms with Gasteiger partial charge in [0.25, 0.3) is 5.69 Å². The van der Waals surface area contributed by atoms with Gasteiger partial charge in [0, 0.05) is 21.9 Å². The number of para-hydroxylation sites is 2. The van der Waals surface area contributed by atoms with Crippen molar-refractivity contribution in [2.75, 3.05) is 7.11 Å². The van der Waals surface area contributed by atoms with E-state index in [-0.39, 0.29) is 5.69 Å². The van der Waals surface area contributed by atoms with Crippen LogP contribution in [0.1, 0.15) is 5.56 Å². The minimum absolute atomic E-state index is 0.0955. The third kappa shape index (κ3) is 4.55. The second kappa shape index (κ2) is 8.40. The number of hydrogen-bond acceptors (Lipinski definition) is 5. The van der Waals surface area contributed by atoms with E-state index in [1.165, 1.54) is 12.1 Å². The molecule has 0 aliphatic carbocycles. The van der Waals surface area contributed by atoms with Crippen molar-refractivity contribution in [1.29, 1.82) is 0 Å². The SMILES string of the molecule is COc1ccccc1OCc1ccc(Sc2ccc([N+](=O)[O-])cc2)cc1. The van der Waals surface area contributed by atoms with E-state index in [1.54, 1.807) is 31.0 Å². The van der Waals surface area contributed by atoms with Crippen molar-refractivity contribution in [2.45, 2.75) is 16.4 Å². The summed E-state index contributed by atoms with van der Waals surface area (Å²) in [6.07, 6.45) is 0. The number of hydrogen-bond donors (Lipinski definition) is 0. The molecule has 26 heavy (non-hydrogen) atoms. The first kappa shape index (κ1) is 17.8. The third-order valence-electron chi connectivity index (χ3n) is 3.67. The molecule has 0 heterocycles. The maximum atomic E-state index is 10.7. The zero-order valence-corrected chi connectivity index (χ0v) is 14.9. The molecule has 0 bridgehead atoms. The van der Waals surface area contributed by atoms with E-state index >= 15 is 0 Å². The second-order valence-corrected chi connectivity index (χ2v) is 6.58. The van der Waals surface area contributed by atoms with Crippen molar-refractivity contribution in [3.05, 3.63) is 88.5 Å². The van der Waals surface area contributed by atoms with Crippen molar-refractivity contribution in [2.24, 2.45) is 0 Å². The summed E-state index contributed by atoms with van der Waals surface area (Å²) in [6, 6.07) is 22.1. The molecule has 132 valence electrons. The third-order valence-corrected chi connectivity index (χ3v) is 4.69. The van der Waals surface area contributed by atoms with Crippen molar-refractivity contribution in [1.82, 2.24) is 0 Å². The van der Waals surface area contributed by atoms with E-state index in [1.807, 2.05) is 48.5 Å².